The van der Waals surface area contributed by atoms with Crippen LogP contribution >= 0.6 is 34.2 Å². The van der Waals surface area contributed by atoms with E-state index in [1.54, 1.807) is 6.07 Å². The van der Waals surface area contributed by atoms with Crippen LogP contribution in [0.2, 0.25) is 5.02 Å². The van der Waals surface area contributed by atoms with Gasteiger partial charge in [-0.3, -0.25) is 4.79 Å². The second-order valence-electron chi connectivity index (χ2n) is 5.16. The van der Waals surface area contributed by atoms with Crippen LogP contribution in [0.15, 0.2) is 18.2 Å². The van der Waals surface area contributed by atoms with Crippen LogP contribution in [-0.2, 0) is 0 Å². The number of carbonyl (C=O) groups excluding carboxylic acids is 1. The van der Waals surface area contributed by atoms with Gasteiger partial charge in [-0.25, -0.2) is 0 Å². The van der Waals surface area contributed by atoms with Crippen LogP contribution in [0, 0.1) is 9.49 Å². The number of halogens is 2. The van der Waals surface area contributed by atoms with Crippen molar-refractivity contribution >= 4 is 40.1 Å². The molecule has 2 unspecified atom stereocenters. The van der Waals surface area contributed by atoms with Gasteiger partial charge in [-0.2, -0.15) is 0 Å². The van der Waals surface area contributed by atoms with Crippen LogP contribution in [0.3, 0.4) is 0 Å². The molecule has 2 rings (SSSR count). The van der Waals surface area contributed by atoms with Crippen molar-refractivity contribution in [3.63, 3.8) is 0 Å². The number of hydrogen-bond acceptors (Lipinski definition) is 1. The molecule has 0 heterocycles. The number of nitrogens with one attached hydrogen (secondary N) is 1. The molecule has 0 aliphatic heterocycles. The summed E-state index contributed by atoms with van der Waals surface area (Å²) in [6, 6.07) is 5.77. The van der Waals surface area contributed by atoms with Gasteiger partial charge in [0, 0.05) is 14.6 Å². The summed E-state index contributed by atoms with van der Waals surface area (Å²) >= 11 is 8.16. The molecular formula is C15H19ClINO. The Bertz CT molecular complexity index is 463. The van der Waals surface area contributed by atoms with Crippen LogP contribution in [0.1, 0.15) is 49.4 Å². The molecule has 104 valence electrons. The monoisotopic (exact) mass is 391 g/mol. The number of carbonyl (C=O) groups is 1. The fourth-order valence-electron chi connectivity index (χ4n) is 2.80. The molecule has 0 saturated heterocycles. The SMILES string of the molecule is CCC1CCCCC1NC(=O)c1cc(Cl)ccc1I. The highest BCUT2D eigenvalue weighted by atomic mass is 127. The molecule has 2 atom stereocenters. The Morgan fingerprint density at radius 1 is 1.42 bits per heavy atom. The van der Waals surface area contributed by atoms with Gasteiger partial charge in [0.25, 0.3) is 5.91 Å². The largest absolute Gasteiger partial charge is 0.349 e. The topological polar surface area (TPSA) is 29.1 Å². The highest BCUT2D eigenvalue weighted by molar-refractivity contribution is 14.1. The lowest BCUT2D eigenvalue weighted by atomic mass is 9.83. The van der Waals surface area contributed by atoms with E-state index in [9.17, 15) is 4.79 Å². The van der Waals surface area contributed by atoms with Crippen molar-refractivity contribution in [1.82, 2.24) is 5.32 Å². The summed E-state index contributed by atoms with van der Waals surface area (Å²) in [5, 5.41) is 3.81. The molecule has 1 saturated carbocycles. The average molecular weight is 392 g/mol. The predicted octanol–water partition coefficient (Wildman–Crippen LogP) is 4.64. The van der Waals surface area contributed by atoms with E-state index in [2.05, 4.69) is 34.8 Å². The molecule has 0 bridgehead atoms. The molecule has 0 aromatic heterocycles. The first-order valence-electron chi connectivity index (χ1n) is 6.87. The number of hydrogen-bond donors (Lipinski definition) is 1. The Balaban J connectivity index is 2.09. The standard InChI is InChI=1S/C15H19ClINO/c1-2-10-5-3-4-6-14(10)18-15(19)12-9-11(16)7-8-13(12)17/h7-10,14H,2-6H2,1H3,(H,18,19). The molecule has 0 spiro atoms. The Kier molecular flexibility index (Phi) is 5.51. The lowest BCUT2D eigenvalue weighted by molar-refractivity contribution is 0.0904. The van der Waals surface area contributed by atoms with Crippen molar-refractivity contribution in [2.75, 3.05) is 0 Å². The molecule has 1 aliphatic rings. The maximum absolute atomic E-state index is 12.4. The zero-order valence-corrected chi connectivity index (χ0v) is 14.0. The molecule has 4 heteroatoms. The van der Waals surface area contributed by atoms with E-state index in [0.717, 1.165) is 16.4 Å². The second-order valence-corrected chi connectivity index (χ2v) is 6.76. The predicted molar refractivity (Wildman–Crippen MR) is 87.7 cm³/mol. The molecule has 1 N–H and O–H groups in total. The van der Waals surface area contributed by atoms with E-state index >= 15 is 0 Å². The Morgan fingerprint density at radius 3 is 2.89 bits per heavy atom. The molecule has 2 nitrogen and oxygen atoms in total. The summed E-state index contributed by atoms with van der Waals surface area (Å²) in [5.41, 5.74) is 0.688. The average Bonchev–Trinajstić information content (AvgIpc) is 2.42. The summed E-state index contributed by atoms with van der Waals surface area (Å²) in [4.78, 5) is 12.4. The van der Waals surface area contributed by atoms with Crippen molar-refractivity contribution in [3.8, 4) is 0 Å². The van der Waals surface area contributed by atoms with Gasteiger partial charge in [-0.1, -0.05) is 37.8 Å². The first-order chi connectivity index (χ1) is 9.11. The van der Waals surface area contributed by atoms with Gasteiger partial charge in [0.05, 0.1) is 5.56 Å². The van der Waals surface area contributed by atoms with Gasteiger partial charge in [-0.15, -0.1) is 0 Å². The van der Waals surface area contributed by atoms with Gasteiger partial charge in [0.15, 0.2) is 0 Å². The maximum Gasteiger partial charge on any atom is 0.252 e. The van der Waals surface area contributed by atoms with E-state index in [1.807, 2.05) is 12.1 Å². The third kappa shape index (κ3) is 3.85. The molecule has 1 aliphatic carbocycles. The lowest BCUT2D eigenvalue weighted by Crippen LogP contribution is -2.42. The number of amides is 1. The Hall–Kier alpha value is -0.290. The molecule has 0 radical (unpaired) electrons. The van der Waals surface area contributed by atoms with Gasteiger partial charge < -0.3 is 5.32 Å². The minimum atomic E-state index is 0.0113. The summed E-state index contributed by atoms with van der Waals surface area (Å²) in [6.07, 6.45) is 5.97. The van der Waals surface area contributed by atoms with Crippen LogP contribution in [0.25, 0.3) is 0 Å². The van der Waals surface area contributed by atoms with Crippen molar-refractivity contribution in [1.29, 1.82) is 0 Å². The van der Waals surface area contributed by atoms with Gasteiger partial charge >= 0.3 is 0 Å². The number of rotatable bonds is 3. The van der Waals surface area contributed by atoms with Crippen LogP contribution in [0.4, 0.5) is 0 Å². The van der Waals surface area contributed by atoms with E-state index < -0.39 is 0 Å². The Labute approximate surface area is 133 Å². The maximum atomic E-state index is 12.4. The molecule has 1 amide bonds. The number of benzene rings is 1. The molecule has 1 aromatic rings. The van der Waals surface area contributed by atoms with Gasteiger partial charge in [0.2, 0.25) is 0 Å². The van der Waals surface area contributed by atoms with Crippen LogP contribution < -0.4 is 5.32 Å². The first kappa shape index (κ1) is 15.1. The van der Waals surface area contributed by atoms with Gasteiger partial charge in [0.1, 0.15) is 0 Å². The van der Waals surface area contributed by atoms with E-state index in [4.69, 9.17) is 11.6 Å². The smallest absolute Gasteiger partial charge is 0.252 e. The molecule has 19 heavy (non-hydrogen) atoms. The van der Waals surface area contributed by atoms with Crippen molar-refractivity contribution < 1.29 is 4.79 Å². The summed E-state index contributed by atoms with van der Waals surface area (Å²) in [7, 11) is 0. The van der Waals surface area contributed by atoms with E-state index in [0.29, 0.717) is 22.5 Å². The molecule has 1 aromatic carbocycles. The Morgan fingerprint density at radius 2 is 2.16 bits per heavy atom. The highest BCUT2D eigenvalue weighted by Crippen LogP contribution is 2.27. The zero-order valence-electron chi connectivity index (χ0n) is 11.1. The fourth-order valence-corrected chi connectivity index (χ4v) is 3.56. The zero-order chi connectivity index (χ0) is 13.8. The van der Waals surface area contributed by atoms with E-state index in [-0.39, 0.29) is 5.91 Å². The molecular weight excluding hydrogens is 373 g/mol. The lowest BCUT2D eigenvalue weighted by Gasteiger charge is -2.31. The van der Waals surface area contributed by atoms with Crippen LogP contribution in [-0.4, -0.2) is 11.9 Å². The van der Waals surface area contributed by atoms with Crippen molar-refractivity contribution in [3.05, 3.63) is 32.4 Å². The third-order valence-corrected chi connectivity index (χ3v) is 5.10. The van der Waals surface area contributed by atoms with Gasteiger partial charge in [-0.05, 0) is 59.5 Å². The third-order valence-electron chi connectivity index (χ3n) is 3.92. The van der Waals surface area contributed by atoms with Crippen molar-refractivity contribution in [2.24, 2.45) is 5.92 Å². The van der Waals surface area contributed by atoms with Crippen molar-refractivity contribution in [2.45, 2.75) is 45.1 Å². The minimum absolute atomic E-state index is 0.0113. The summed E-state index contributed by atoms with van der Waals surface area (Å²) in [6.45, 7) is 2.21. The summed E-state index contributed by atoms with van der Waals surface area (Å²) < 4.78 is 0.948. The quantitative estimate of drug-likeness (QED) is 0.747. The molecule has 1 fully saturated rings. The van der Waals surface area contributed by atoms with E-state index in [1.165, 1.54) is 19.3 Å². The normalized spacial score (nSPS) is 23.1. The van der Waals surface area contributed by atoms with Crippen LogP contribution in [0.5, 0.6) is 0 Å². The minimum Gasteiger partial charge on any atom is -0.349 e. The fraction of sp³-hybridized carbons (Fsp3) is 0.533. The first-order valence-corrected chi connectivity index (χ1v) is 8.33. The second kappa shape index (κ2) is 6.93. The summed E-state index contributed by atoms with van der Waals surface area (Å²) in [5.74, 6) is 0.631. The highest BCUT2D eigenvalue weighted by Gasteiger charge is 2.25.